The first-order valence-electron chi connectivity index (χ1n) is 9.07. The van der Waals surface area contributed by atoms with Crippen LogP contribution >= 0.6 is 205 Å². The summed E-state index contributed by atoms with van der Waals surface area (Å²) in [5.41, 5.74) is 0. The summed E-state index contributed by atoms with van der Waals surface area (Å²) >= 11 is 49.0. The quantitative estimate of drug-likeness (QED) is 0.0491. The fourth-order valence-electron chi connectivity index (χ4n) is 2.29. The predicted octanol–water partition coefficient (Wildman–Crippen LogP) is 9.30. The zero-order valence-corrected chi connectivity index (χ0v) is 31.4. The molecule has 0 aromatic heterocycles. The normalized spacial score (nSPS) is 21.8. The molecule has 32 heavy (non-hydrogen) atoms. The molecule has 5 atom stereocenters. The number of hydrogen-bond acceptors (Lipinski definition) is 17. The zero-order chi connectivity index (χ0) is 23.6. The van der Waals surface area contributed by atoms with Crippen molar-refractivity contribution in [3.05, 3.63) is 0 Å². The molecule has 1 saturated heterocycles. The largest absolute Gasteiger partial charge is 0.168 e. The van der Waals surface area contributed by atoms with Crippen molar-refractivity contribution in [2.24, 2.45) is 0 Å². The van der Waals surface area contributed by atoms with E-state index in [4.69, 9.17) is 0 Å². The van der Waals surface area contributed by atoms with Crippen LogP contribution in [0.1, 0.15) is 0 Å². The molecule has 0 saturated carbocycles. The third-order valence-corrected chi connectivity index (χ3v) is 22.9. The van der Waals surface area contributed by atoms with Gasteiger partial charge in [-0.2, -0.15) is 75.8 Å². The molecule has 0 aliphatic carbocycles. The first-order valence-corrected chi connectivity index (χ1v) is 24.4. The van der Waals surface area contributed by atoms with Crippen LogP contribution in [0.25, 0.3) is 0 Å². The molecule has 1 heterocycles. The molecule has 1 fully saturated rings. The van der Waals surface area contributed by atoms with E-state index in [0.29, 0.717) is 28.2 Å². The maximum Gasteiger partial charge on any atom is 0.0729 e. The highest BCUT2D eigenvalue weighted by Crippen LogP contribution is 2.48. The minimum atomic E-state index is 0.485. The fourth-order valence-corrected chi connectivity index (χ4v) is 23.9. The van der Waals surface area contributed by atoms with Gasteiger partial charge in [0.15, 0.2) is 0 Å². The van der Waals surface area contributed by atoms with Gasteiger partial charge in [0, 0.05) is 51.7 Å². The summed E-state index contributed by atoms with van der Waals surface area (Å²) in [6.45, 7) is 0. The van der Waals surface area contributed by atoms with E-state index in [-0.39, 0.29) is 0 Å². The molecule has 5 unspecified atom stereocenters. The van der Waals surface area contributed by atoms with Gasteiger partial charge in [-0.15, -0.1) is 129 Å². The lowest BCUT2D eigenvalue weighted by molar-refractivity contribution is 1.11. The van der Waals surface area contributed by atoms with Crippen molar-refractivity contribution in [1.29, 1.82) is 0 Å². The Labute approximate surface area is 275 Å². The first kappa shape index (κ1) is 36.0. The van der Waals surface area contributed by atoms with E-state index in [1.807, 2.05) is 82.3 Å². The third-order valence-electron chi connectivity index (χ3n) is 3.58. The highest BCUT2D eigenvalue weighted by molar-refractivity contribution is 8.33. The Balaban J connectivity index is 2.65. The van der Waals surface area contributed by atoms with Gasteiger partial charge in [-0.25, -0.2) is 0 Å². The molecule has 0 bridgehead atoms. The highest BCUT2D eigenvalue weighted by Gasteiger charge is 2.32. The zero-order valence-electron chi connectivity index (χ0n) is 17.0. The fraction of sp³-hybridized carbons (Fsp3) is 1.00. The van der Waals surface area contributed by atoms with Gasteiger partial charge in [0.25, 0.3) is 0 Å². The minimum Gasteiger partial charge on any atom is -0.168 e. The summed E-state index contributed by atoms with van der Waals surface area (Å²) in [4.78, 5) is 0. The topological polar surface area (TPSA) is 0 Å². The summed E-state index contributed by atoms with van der Waals surface area (Å²) < 4.78 is 2.68. The molecule has 1 rings (SSSR count). The van der Waals surface area contributed by atoms with E-state index in [2.05, 4.69) is 123 Å². The Bertz CT molecular complexity index is 425. The van der Waals surface area contributed by atoms with Crippen LogP contribution in [0.4, 0.5) is 0 Å². The van der Waals surface area contributed by atoms with Crippen molar-refractivity contribution in [3.63, 3.8) is 0 Å². The lowest BCUT2D eigenvalue weighted by atomic mass is 10.5. The van der Waals surface area contributed by atoms with E-state index >= 15 is 0 Å². The monoisotopic (exact) mass is 754 g/mol. The van der Waals surface area contributed by atoms with Crippen molar-refractivity contribution in [2.45, 2.75) is 28.2 Å². The van der Waals surface area contributed by atoms with Crippen LogP contribution < -0.4 is 0 Å². The van der Waals surface area contributed by atoms with Gasteiger partial charge >= 0.3 is 0 Å². The molecular formula is C15H30S17. The van der Waals surface area contributed by atoms with E-state index in [0.717, 1.165) is 35.6 Å². The van der Waals surface area contributed by atoms with Gasteiger partial charge in [-0.05, 0) is 0 Å². The molecule has 0 N–H and O–H groups in total. The lowest BCUT2D eigenvalue weighted by Gasteiger charge is -2.28. The van der Waals surface area contributed by atoms with Crippen LogP contribution in [-0.4, -0.2) is 74.6 Å². The van der Waals surface area contributed by atoms with Crippen LogP contribution in [0, 0.1) is 0 Å². The molecular weight excluding hydrogens is 725 g/mol. The Hall–Kier alpha value is 5.95. The van der Waals surface area contributed by atoms with Gasteiger partial charge < -0.3 is 0 Å². The molecule has 1 aliphatic rings. The lowest BCUT2D eigenvalue weighted by Crippen LogP contribution is -2.21. The van der Waals surface area contributed by atoms with Crippen LogP contribution in [0.2, 0.25) is 0 Å². The number of hydrogen-bond donors (Lipinski definition) is 6. The highest BCUT2D eigenvalue weighted by atomic mass is 32.3. The summed E-state index contributed by atoms with van der Waals surface area (Å²) in [5.74, 6) is 1.20. The van der Waals surface area contributed by atoms with E-state index in [1.54, 1.807) is 0 Å². The van der Waals surface area contributed by atoms with Crippen LogP contribution in [0.15, 0.2) is 0 Å². The molecule has 0 aromatic carbocycles. The van der Waals surface area contributed by atoms with Crippen LogP contribution in [0.3, 0.4) is 0 Å². The van der Waals surface area contributed by atoms with Crippen molar-refractivity contribution in [1.82, 2.24) is 0 Å². The molecule has 0 spiro atoms. The van der Waals surface area contributed by atoms with Crippen LogP contribution in [0.5, 0.6) is 0 Å². The van der Waals surface area contributed by atoms with E-state index in [9.17, 15) is 0 Å². The van der Waals surface area contributed by atoms with Gasteiger partial charge in [0.05, 0.1) is 22.9 Å². The van der Waals surface area contributed by atoms with E-state index in [1.165, 1.54) is 10.8 Å². The first-order chi connectivity index (χ1) is 15.6. The number of thioether (sulfide) groups is 11. The summed E-state index contributed by atoms with van der Waals surface area (Å²) in [6, 6.07) is 0. The maximum absolute atomic E-state index is 4.55. The van der Waals surface area contributed by atoms with Gasteiger partial charge in [-0.3, -0.25) is 0 Å². The Morgan fingerprint density at radius 1 is 0.562 bits per heavy atom. The van der Waals surface area contributed by atoms with Crippen molar-refractivity contribution >= 4 is 205 Å². The Morgan fingerprint density at radius 3 is 1.44 bits per heavy atom. The molecule has 0 aromatic rings. The molecule has 1 aliphatic heterocycles. The van der Waals surface area contributed by atoms with Crippen LogP contribution in [-0.2, 0) is 0 Å². The smallest absolute Gasteiger partial charge is 0.0729 e. The third kappa shape index (κ3) is 15.7. The van der Waals surface area contributed by atoms with E-state index < -0.39 is 0 Å². The van der Waals surface area contributed by atoms with Crippen molar-refractivity contribution in [3.8, 4) is 0 Å². The molecule has 0 nitrogen and oxygen atoms in total. The second-order valence-electron chi connectivity index (χ2n) is 5.39. The number of rotatable bonds is 21. The molecule has 0 radical (unpaired) electrons. The average molecular weight is 756 g/mol. The second-order valence-corrected chi connectivity index (χ2v) is 24.6. The number of thiol groups is 6. The Morgan fingerprint density at radius 2 is 1.00 bits per heavy atom. The van der Waals surface area contributed by atoms with Crippen molar-refractivity contribution < 1.29 is 0 Å². The predicted molar refractivity (Wildman–Crippen MR) is 204 cm³/mol. The average Bonchev–Trinajstić information content (AvgIpc) is 3.22. The van der Waals surface area contributed by atoms with Crippen molar-refractivity contribution in [2.75, 3.05) is 46.4 Å². The maximum atomic E-state index is 4.55. The van der Waals surface area contributed by atoms with Gasteiger partial charge in [0.2, 0.25) is 0 Å². The molecule has 0 amide bonds. The second kappa shape index (κ2) is 24.7. The van der Waals surface area contributed by atoms with Gasteiger partial charge in [0.1, 0.15) is 0 Å². The SMILES string of the molecule is SCSC1SCSC1CSC(SCS)C(SCS)SCSC(SCS)C(SCS)SCS. The standard InChI is InChI=1S/C15H30S17/c16-2-23-11-10(29-8-30-11)1-22-12(24-3-17)14(27-6-20)31-9-32-15(28-7-21)13(25-4-18)26-5-19/h10-21H,1-9H2. The van der Waals surface area contributed by atoms with Gasteiger partial charge in [-0.1, -0.05) is 0 Å². The Kier molecular flexibility index (Phi) is 27.8. The molecule has 17 heteroatoms. The minimum absolute atomic E-state index is 0.485. The molecule has 192 valence electrons. The summed E-state index contributed by atoms with van der Waals surface area (Å²) in [7, 11) is 0. The summed E-state index contributed by atoms with van der Waals surface area (Å²) in [5, 5.41) is 8.11. The summed E-state index contributed by atoms with van der Waals surface area (Å²) in [6.07, 6.45) is 0.